The van der Waals surface area contributed by atoms with Gasteiger partial charge in [0.1, 0.15) is 5.75 Å². The number of ether oxygens (including phenoxy) is 1. The van der Waals surface area contributed by atoms with Gasteiger partial charge in [0.05, 0.1) is 12.8 Å². The average molecular weight is 220 g/mol. The number of nitrogens with one attached hydrogen (secondary N) is 2. The van der Waals surface area contributed by atoms with Gasteiger partial charge in [-0.15, -0.1) is 0 Å². The molecule has 3 N–H and O–H groups in total. The lowest BCUT2D eigenvalue weighted by atomic mass is 10.1. The normalized spacial score (nSPS) is 10.3. The molecule has 1 heterocycles. The number of rotatable bonds is 3. The molecule has 0 fully saturated rings. The van der Waals surface area contributed by atoms with Crippen LogP contribution in [0.15, 0.2) is 29.1 Å². The predicted octanol–water partition coefficient (Wildman–Crippen LogP) is 1.01. The minimum Gasteiger partial charge on any atom is -0.496 e. The molecule has 1 aromatic heterocycles. The van der Waals surface area contributed by atoms with Crippen molar-refractivity contribution in [1.29, 1.82) is 0 Å². The molecule has 2 aromatic rings. The molecular weight excluding hydrogens is 208 g/mol. The minimum atomic E-state index is -0.414. The second-order valence-electron chi connectivity index (χ2n) is 3.39. The third kappa shape index (κ3) is 1.93. The molecule has 2 rings (SSSR count). The van der Waals surface area contributed by atoms with Crippen molar-refractivity contribution in [3.8, 4) is 11.6 Å². The Morgan fingerprint density at radius 3 is 2.69 bits per heavy atom. The monoisotopic (exact) mass is 220 g/mol. The standard InChI is InChI=1S/C11H12N2O3/c1-16-9-5-3-2-4-7(9)6-8-10(14)13-11(15)12-8/h2-5,14H,6H2,1H3,(H2,12,13,15). The Morgan fingerprint density at radius 1 is 1.31 bits per heavy atom. The summed E-state index contributed by atoms with van der Waals surface area (Å²) < 4.78 is 5.18. The van der Waals surface area contributed by atoms with Crippen molar-refractivity contribution in [1.82, 2.24) is 9.97 Å². The van der Waals surface area contributed by atoms with Gasteiger partial charge in [-0.25, -0.2) is 4.79 Å². The van der Waals surface area contributed by atoms with Crippen LogP contribution in [0.5, 0.6) is 11.6 Å². The number of H-pyrrole nitrogens is 2. The van der Waals surface area contributed by atoms with Gasteiger partial charge >= 0.3 is 5.69 Å². The van der Waals surface area contributed by atoms with Crippen LogP contribution in [-0.4, -0.2) is 22.2 Å². The molecule has 16 heavy (non-hydrogen) atoms. The topological polar surface area (TPSA) is 78.1 Å². The molecule has 0 saturated heterocycles. The van der Waals surface area contributed by atoms with Crippen molar-refractivity contribution in [3.05, 3.63) is 46.0 Å². The predicted molar refractivity (Wildman–Crippen MR) is 58.9 cm³/mol. The van der Waals surface area contributed by atoms with Crippen LogP contribution in [0.25, 0.3) is 0 Å². The molecule has 0 bridgehead atoms. The summed E-state index contributed by atoms with van der Waals surface area (Å²) in [4.78, 5) is 15.7. The third-order valence-corrected chi connectivity index (χ3v) is 2.34. The highest BCUT2D eigenvalue weighted by Crippen LogP contribution is 2.22. The van der Waals surface area contributed by atoms with E-state index in [0.29, 0.717) is 12.1 Å². The van der Waals surface area contributed by atoms with Crippen molar-refractivity contribution in [2.45, 2.75) is 6.42 Å². The third-order valence-electron chi connectivity index (χ3n) is 2.34. The van der Waals surface area contributed by atoms with E-state index in [0.717, 1.165) is 11.3 Å². The summed E-state index contributed by atoms with van der Waals surface area (Å²) in [6, 6.07) is 7.45. The van der Waals surface area contributed by atoms with Crippen molar-refractivity contribution in [3.63, 3.8) is 0 Å². The van der Waals surface area contributed by atoms with Gasteiger partial charge in [0.2, 0.25) is 5.88 Å². The molecule has 0 saturated carbocycles. The molecule has 5 heteroatoms. The number of methoxy groups -OCH3 is 1. The second-order valence-corrected chi connectivity index (χ2v) is 3.39. The van der Waals surface area contributed by atoms with Gasteiger partial charge in [0.15, 0.2) is 0 Å². The van der Waals surface area contributed by atoms with E-state index in [2.05, 4.69) is 9.97 Å². The van der Waals surface area contributed by atoms with Crippen LogP contribution in [0.2, 0.25) is 0 Å². The lowest BCUT2D eigenvalue weighted by Crippen LogP contribution is -2.01. The number of imidazole rings is 1. The molecule has 1 aromatic carbocycles. The summed E-state index contributed by atoms with van der Waals surface area (Å²) in [5, 5.41) is 9.43. The maximum absolute atomic E-state index is 11.0. The highest BCUT2D eigenvalue weighted by atomic mass is 16.5. The highest BCUT2D eigenvalue weighted by molar-refractivity contribution is 5.37. The van der Waals surface area contributed by atoms with Crippen molar-refractivity contribution < 1.29 is 9.84 Å². The van der Waals surface area contributed by atoms with Crippen molar-refractivity contribution in [2.24, 2.45) is 0 Å². The van der Waals surface area contributed by atoms with E-state index >= 15 is 0 Å². The van der Waals surface area contributed by atoms with Crippen LogP contribution in [0.4, 0.5) is 0 Å². The number of aromatic nitrogens is 2. The Morgan fingerprint density at radius 2 is 2.06 bits per heavy atom. The lowest BCUT2D eigenvalue weighted by molar-refractivity contribution is 0.409. The first-order valence-electron chi connectivity index (χ1n) is 4.82. The van der Waals surface area contributed by atoms with Gasteiger partial charge in [-0.05, 0) is 6.07 Å². The largest absolute Gasteiger partial charge is 0.496 e. The first kappa shape index (κ1) is 10.4. The van der Waals surface area contributed by atoms with Crippen LogP contribution >= 0.6 is 0 Å². The lowest BCUT2D eigenvalue weighted by Gasteiger charge is -2.06. The van der Waals surface area contributed by atoms with E-state index in [1.165, 1.54) is 0 Å². The summed E-state index contributed by atoms with van der Waals surface area (Å²) in [6.07, 6.45) is 0.411. The van der Waals surface area contributed by atoms with Gasteiger partial charge in [-0.1, -0.05) is 18.2 Å². The molecular formula is C11H12N2O3. The number of para-hydroxylation sites is 1. The Hall–Kier alpha value is -2.17. The molecule has 0 unspecified atom stereocenters. The Balaban J connectivity index is 2.33. The molecule has 0 spiro atoms. The Labute approximate surface area is 91.7 Å². The quantitative estimate of drug-likeness (QED) is 0.722. The van der Waals surface area contributed by atoms with Crippen molar-refractivity contribution >= 4 is 0 Å². The zero-order chi connectivity index (χ0) is 11.5. The van der Waals surface area contributed by atoms with Gasteiger partial charge in [0, 0.05) is 12.0 Å². The second kappa shape index (κ2) is 4.14. The van der Waals surface area contributed by atoms with Gasteiger partial charge in [-0.3, -0.25) is 4.98 Å². The molecule has 5 nitrogen and oxygen atoms in total. The molecule has 84 valence electrons. The fourth-order valence-corrected chi connectivity index (χ4v) is 1.58. The van der Waals surface area contributed by atoms with E-state index in [4.69, 9.17) is 4.74 Å². The van der Waals surface area contributed by atoms with E-state index in [1.54, 1.807) is 7.11 Å². The van der Waals surface area contributed by atoms with E-state index < -0.39 is 5.69 Å². The molecule has 0 aliphatic rings. The minimum absolute atomic E-state index is 0.129. The number of hydrogen-bond acceptors (Lipinski definition) is 3. The van der Waals surface area contributed by atoms with Crippen molar-refractivity contribution in [2.75, 3.05) is 7.11 Å². The number of hydrogen-bond donors (Lipinski definition) is 3. The van der Waals surface area contributed by atoms with E-state index in [1.807, 2.05) is 24.3 Å². The summed E-state index contributed by atoms with van der Waals surface area (Å²) in [5.41, 5.74) is 0.937. The van der Waals surface area contributed by atoms with E-state index in [-0.39, 0.29) is 5.88 Å². The van der Waals surface area contributed by atoms with Gasteiger partial charge in [-0.2, -0.15) is 0 Å². The number of aromatic hydroxyl groups is 1. The zero-order valence-electron chi connectivity index (χ0n) is 8.78. The molecule has 0 aliphatic carbocycles. The van der Waals surface area contributed by atoms with Crippen LogP contribution < -0.4 is 10.4 Å². The number of aromatic amines is 2. The van der Waals surface area contributed by atoms with Crippen LogP contribution in [0.1, 0.15) is 11.3 Å². The fourth-order valence-electron chi connectivity index (χ4n) is 1.58. The number of benzene rings is 1. The summed E-state index contributed by atoms with van der Waals surface area (Å²) >= 11 is 0. The zero-order valence-corrected chi connectivity index (χ0v) is 8.78. The Bertz CT molecular complexity index is 542. The van der Waals surface area contributed by atoms with Gasteiger partial charge in [0.25, 0.3) is 0 Å². The molecule has 0 radical (unpaired) electrons. The van der Waals surface area contributed by atoms with E-state index in [9.17, 15) is 9.90 Å². The van der Waals surface area contributed by atoms with Crippen LogP contribution in [0, 0.1) is 0 Å². The fraction of sp³-hybridized carbons (Fsp3) is 0.182. The van der Waals surface area contributed by atoms with Gasteiger partial charge < -0.3 is 14.8 Å². The molecule has 0 atom stereocenters. The van der Waals surface area contributed by atoms with Crippen LogP contribution in [-0.2, 0) is 6.42 Å². The Kier molecular flexibility index (Phi) is 2.68. The molecule has 0 aliphatic heterocycles. The summed E-state index contributed by atoms with van der Waals surface area (Å²) in [5.74, 6) is 0.597. The summed E-state index contributed by atoms with van der Waals surface area (Å²) in [6.45, 7) is 0. The summed E-state index contributed by atoms with van der Waals surface area (Å²) in [7, 11) is 1.58. The SMILES string of the molecule is COc1ccccc1Cc1[nH]c(=O)[nH]c1O. The first-order chi connectivity index (χ1) is 7.70. The molecule has 0 amide bonds. The average Bonchev–Trinajstić information content (AvgIpc) is 2.58. The smallest absolute Gasteiger partial charge is 0.325 e. The highest BCUT2D eigenvalue weighted by Gasteiger charge is 2.09. The first-order valence-corrected chi connectivity index (χ1v) is 4.82. The van der Waals surface area contributed by atoms with Crippen LogP contribution in [0.3, 0.4) is 0 Å². The maximum Gasteiger partial charge on any atom is 0.325 e. The maximum atomic E-state index is 11.0.